The van der Waals surface area contributed by atoms with Crippen molar-refractivity contribution in [1.29, 1.82) is 5.26 Å². The lowest BCUT2D eigenvalue weighted by atomic mass is 9.85. The fourth-order valence-electron chi connectivity index (χ4n) is 2.85. The van der Waals surface area contributed by atoms with Gasteiger partial charge in [0.25, 0.3) is 0 Å². The maximum absolute atomic E-state index is 8.71. The summed E-state index contributed by atoms with van der Waals surface area (Å²) in [6.07, 6.45) is 4.58. The van der Waals surface area contributed by atoms with Crippen LogP contribution < -0.4 is 0 Å². The molecule has 96 valence electrons. The number of nitrogens with zero attached hydrogens (tertiary/aromatic N) is 1. The molecule has 18 heavy (non-hydrogen) atoms. The molecule has 0 radical (unpaired) electrons. The van der Waals surface area contributed by atoms with Crippen molar-refractivity contribution in [3.63, 3.8) is 0 Å². The molecule has 0 amide bonds. The molecule has 1 heterocycles. The van der Waals surface area contributed by atoms with E-state index in [2.05, 4.69) is 44.2 Å². The van der Waals surface area contributed by atoms with Crippen molar-refractivity contribution in [2.24, 2.45) is 0 Å². The summed E-state index contributed by atoms with van der Waals surface area (Å²) in [5.41, 5.74) is 1.03. The zero-order valence-electron chi connectivity index (χ0n) is 11.3. The molecule has 2 nitrogen and oxygen atoms in total. The van der Waals surface area contributed by atoms with Crippen LogP contribution in [0.1, 0.15) is 51.5 Å². The zero-order valence-corrected chi connectivity index (χ0v) is 11.3. The second-order valence-electron chi connectivity index (χ2n) is 5.73. The van der Waals surface area contributed by atoms with Gasteiger partial charge >= 0.3 is 0 Å². The van der Waals surface area contributed by atoms with Crippen LogP contribution in [-0.2, 0) is 10.3 Å². The van der Waals surface area contributed by atoms with Gasteiger partial charge in [-0.05, 0) is 45.1 Å². The van der Waals surface area contributed by atoms with Gasteiger partial charge in [-0.3, -0.25) is 0 Å². The van der Waals surface area contributed by atoms with Crippen LogP contribution in [0.2, 0.25) is 0 Å². The summed E-state index contributed by atoms with van der Waals surface area (Å²) in [7, 11) is 0. The maximum Gasteiger partial charge on any atom is 0.0940 e. The molecule has 1 fully saturated rings. The summed E-state index contributed by atoms with van der Waals surface area (Å²) in [4.78, 5) is 0. The second kappa shape index (κ2) is 5.12. The third-order valence-electron chi connectivity index (χ3n) is 3.77. The van der Waals surface area contributed by atoms with Crippen LogP contribution >= 0.6 is 0 Å². The van der Waals surface area contributed by atoms with E-state index in [0.717, 1.165) is 25.7 Å². The van der Waals surface area contributed by atoms with Crippen molar-refractivity contribution in [3.8, 4) is 6.07 Å². The summed E-state index contributed by atoms with van der Waals surface area (Å²) in [5, 5.41) is 8.71. The van der Waals surface area contributed by atoms with E-state index in [9.17, 15) is 0 Å². The first kappa shape index (κ1) is 13.1. The highest BCUT2D eigenvalue weighted by Gasteiger charge is 2.44. The molecule has 0 N–H and O–H groups in total. The van der Waals surface area contributed by atoms with Crippen molar-refractivity contribution < 1.29 is 4.74 Å². The molecule has 0 bridgehead atoms. The number of hydrogen-bond donors (Lipinski definition) is 0. The van der Waals surface area contributed by atoms with E-state index in [1.165, 1.54) is 5.56 Å². The second-order valence-corrected chi connectivity index (χ2v) is 5.73. The van der Waals surface area contributed by atoms with Gasteiger partial charge in [0.15, 0.2) is 0 Å². The van der Waals surface area contributed by atoms with Gasteiger partial charge in [0.05, 0.1) is 17.3 Å². The largest absolute Gasteiger partial charge is 0.364 e. The van der Waals surface area contributed by atoms with E-state index in [1.807, 2.05) is 6.07 Å². The average molecular weight is 243 g/mol. The molecular formula is C16H21NO. The first-order valence-electron chi connectivity index (χ1n) is 6.71. The van der Waals surface area contributed by atoms with E-state index in [-0.39, 0.29) is 11.2 Å². The summed E-state index contributed by atoms with van der Waals surface area (Å²) in [5.74, 6) is 0. The lowest BCUT2D eigenvalue weighted by Crippen LogP contribution is -2.30. The van der Waals surface area contributed by atoms with Gasteiger partial charge in [0, 0.05) is 6.42 Å². The van der Waals surface area contributed by atoms with Gasteiger partial charge in [0.2, 0.25) is 0 Å². The maximum atomic E-state index is 8.71. The molecule has 0 aliphatic carbocycles. The van der Waals surface area contributed by atoms with Crippen LogP contribution in [0.5, 0.6) is 0 Å². The molecule has 2 rings (SSSR count). The van der Waals surface area contributed by atoms with Crippen molar-refractivity contribution in [2.45, 2.75) is 57.2 Å². The number of ether oxygens (including phenoxy) is 1. The molecule has 0 spiro atoms. The van der Waals surface area contributed by atoms with Crippen molar-refractivity contribution >= 4 is 0 Å². The predicted molar refractivity (Wildman–Crippen MR) is 72.0 cm³/mol. The highest BCUT2D eigenvalue weighted by Crippen LogP contribution is 2.47. The number of hydrogen-bond acceptors (Lipinski definition) is 2. The van der Waals surface area contributed by atoms with Gasteiger partial charge in [-0.25, -0.2) is 0 Å². The molecule has 1 aliphatic heterocycles. The highest BCUT2D eigenvalue weighted by molar-refractivity contribution is 5.24. The molecule has 1 saturated heterocycles. The average Bonchev–Trinajstić information content (AvgIpc) is 2.68. The van der Waals surface area contributed by atoms with Gasteiger partial charge in [-0.1, -0.05) is 30.3 Å². The van der Waals surface area contributed by atoms with Crippen molar-refractivity contribution in [1.82, 2.24) is 0 Å². The minimum atomic E-state index is -0.179. The van der Waals surface area contributed by atoms with Crippen molar-refractivity contribution in [2.75, 3.05) is 0 Å². The van der Waals surface area contributed by atoms with Gasteiger partial charge in [-0.15, -0.1) is 0 Å². The molecule has 0 aromatic heterocycles. The van der Waals surface area contributed by atoms with Crippen LogP contribution in [0.3, 0.4) is 0 Å². The Labute approximate surface area is 110 Å². The van der Waals surface area contributed by atoms with Crippen molar-refractivity contribution in [3.05, 3.63) is 35.9 Å². The third-order valence-corrected chi connectivity index (χ3v) is 3.77. The van der Waals surface area contributed by atoms with Crippen LogP contribution in [0.4, 0.5) is 0 Å². The van der Waals surface area contributed by atoms with Crippen LogP contribution in [0.15, 0.2) is 30.3 Å². The van der Waals surface area contributed by atoms with E-state index in [1.54, 1.807) is 0 Å². The first-order valence-corrected chi connectivity index (χ1v) is 6.71. The Bertz CT molecular complexity index is 432. The fraction of sp³-hybridized carbons (Fsp3) is 0.562. The molecule has 1 aromatic rings. The Kier molecular flexibility index (Phi) is 3.73. The fourth-order valence-corrected chi connectivity index (χ4v) is 2.85. The first-order chi connectivity index (χ1) is 8.58. The Morgan fingerprint density at radius 3 is 2.50 bits per heavy atom. The lowest BCUT2D eigenvalue weighted by Gasteiger charge is -2.32. The quantitative estimate of drug-likeness (QED) is 0.744. The molecule has 0 saturated carbocycles. The molecule has 2 heteroatoms. The summed E-state index contributed by atoms with van der Waals surface area (Å²) in [6, 6.07) is 12.7. The molecule has 1 aliphatic rings. The van der Waals surface area contributed by atoms with Gasteiger partial charge < -0.3 is 4.74 Å². The van der Waals surface area contributed by atoms with E-state index < -0.39 is 0 Å². The smallest absolute Gasteiger partial charge is 0.0940 e. The zero-order chi connectivity index (χ0) is 13.1. The number of benzene rings is 1. The van der Waals surface area contributed by atoms with E-state index in [4.69, 9.17) is 10.00 Å². The standard InChI is InChI=1S/C16H21NO/c1-15(2)11-12-16(18-15,10-6-7-13-17)14-8-4-3-5-9-14/h3-5,8-9H,6-7,10-12H2,1-2H3. The molecule has 1 atom stereocenters. The minimum absolute atomic E-state index is 0.0531. The normalized spacial score (nSPS) is 25.8. The van der Waals surface area contributed by atoms with Gasteiger partial charge in [0.1, 0.15) is 0 Å². The highest BCUT2D eigenvalue weighted by atomic mass is 16.5. The summed E-state index contributed by atoms with van der Waals surface area (Å²) in [6.45, 7) is 4.31. The Hall–Kier alpha value is -1.33. The van der Waals surface area contributed by atoms with Crippen LogP contribution in [0, 0.1) is 11.3 Å². The monoisotopic (exact) mass is 243 g/mol. The summed E-state index contributed by atoms with van der Waals surface area (Å²) < 4.78 is 6.36. The van der Waals surface area contributed by atoms with E-state index in [0.29, 0.717) is 6.42 Å². The molecular weight excluding hydrogens is 222 g/mol. The Morgan fingerprint density at radius 2 is 1.94 bits per heavy atom. The van der Waals surface area contributed by atoms with Crippen LogP contribution in [-0.4, -0.2) is 5.60 Å². The predicted octanol–water partition coefficient (Wildman–Crippen LogP) is 4.16. The molecule has 1 aromatic carbocycles. The number of rotatable bonds is 4. The Balaban J connectivity index is 2.22. The minimum Gasteiger partial charge on any atom is -0.364 e. The molecule has 1 unspecified atom stereocenters. The third kappa shape index (κ3) is 2.73. The van der Waals surface area contributed by atoms with Crippen LogP contribution in [0.25, 0.3) is 0 Å². The lowest BCUT2D eigenvalue weighted by molar-refractivity contribution is -0.0954. The number of unbranched alkanes of at least 4 members (excludes halogenated alkanes) is 1. The van der Waals surface area contributed by atoms with E-state index >= 15 is 0 Å². The Morgan fingerprint density at radius 1 is 1.22 bits per heavy atom. The topological polar surface area (TPSA) is 33.0 Å². The summed E-state index contributed by atoms with van der Waals surface area (Å²) >= 11 is 0. The van der Waals surface area contributed by atoms with Gasteiger partial charge in [-0.2, -0.15) is 5.26 Å². The SMILES string of the molecule is CC1(C)CCC(CCCC#N)(c2ccccc2)O1. The number of nitriles is 1.